The monoisotopic (exact) mass is 290 g/mol. The van der Waals surface area contributed by atoms with Gasteiger partial charge in [-0.3, -0.25) is 4.79 Å². The molecule has 0 unspecified atom stereocenters. The van der Waals surface area contributed by atoms with Crippen LogP contribution in [0.4, 0.5) is 0 Å². The lowest BCUT2D eigenvalue weighted by Crippen LogP contribution is -2.07. The second kappa shape index (κ2) is 4.47. The molecule has 2 aromatic heterocycles. The van der Waals surface area contributed by atoms with E-state index in [4.69, 9.17) is 0 Å². The molecule has 4 rings (SSSR count). The molecule has 0 atom stereocenters. The molecule has 4 aromatic rings. The summed E-state index contributed by atoms with van der Waals surface area (Å²) in [5.74, 6) is 0. The first kappa shape index (κ1) is 13.1. The van der Waals surface area contributed by atoms with Crippen LogP contribution in [0, 0.1) is 13.8 Å². The fourth-order valence-corrected chi connectivity index (χ4v) is 3.52. The molecule has 0 amide bonds. The van der Waals surface area contributed by atoms with E-state index in [0.717, 1.165) is 45.2 Å². The van der Waals surface area contributed by atoms with Crippen LogP contribution in [0.25, 0.3) is 32.7 Å². The number of para-hydroxylation sites is 1. The number of fused-ring (bicyclic) bond motifs is 4. The van der Waals surface area contributed by atoms with Gasteiger partial charge in [0.15, 0.2) is 5.43 Å². The molecule has 22 heavy (non-hydrogen) atoms. The van der Waals surface area contributed by atoms with Crippen molar-refractivity contribution in [3.63, 3.8) is 0 Å². The number of H-pyrrole nitrogens is 2. The molecule has 2 aromatic carbocycles. The van der Waals surface area contributed by atoms with Gasteiger partial charge in [-0.1, -0.05) is 25.1 Å². The SMILES string of the molecule is CCc1cc(=O)c2c(C)c3[nH]c4ccccc4c3c(C)c2[nH]1. The van der Waals surface area contributed by atoms with Crippen LogP contribution < -0.4 is 5.43 Å². The lowest BCUT2D eigenvalue weighted by molar-refractivity contribution is 1.05. The minimum Gasteiger partial charge on any atom is -0.358 e. The average molecular weight is 290 g/mol. The first-order chi connectivity index (χ1) is 10.6. The highest BCUT2D eigenvalue weighted by Gasteiger charge is 2.16. The Balaban J connectivity index is 2.35. The van der Waals surface area contributed by atoms with Crippen molar-refractivity contribution in [2.24, 2.45) is 0 Å². The zero-order chi connectivity index (χ0) is 15.4. The maximum Gasteiger partial charge on any atom is 0.190 e. The predicted molar refractivity (Wildman–Crippen MR) is 92.8 cm³/mol. The van der Waals surface area contributed by atoms with E-state index in [-0.39, 0.29) is 5.43 Å². The summed E-state index contributed by atoms with van der Waals surface area (Å²) in [6, 6.07) is 10.0. The molecule has 0 aliphatic carbocycles. The third kappa shape index (κ3) is 1.59. The van der Waals surface area contributed by atoms with Crippen molar-refractivity contribution < 1.29 is 0 Å². The van der Waals surface area contributed by atoms with Crippen LogP contribution in [0.3, 0.4) is 0 Å². The molecule has 0 saturated carbocycles. The van der Waals surface area contributed by atoms with Crippen LogP contribution >= 0.6 is 0 Å². The summed E-state index contributed by atoms with van der Waals surface area (Å²) in [6.45, 7) is 6.18. The zero-order valence-corrected chi connectivity index (χ0v) is 13.0. The van der Waals surface area contributed by atoms with E-state index in [9.17, 15) is 4.79 Å². The highest BCUT2D eigenvalue weighted by atomic mass is 16.1. The number of pyridine rings is 1. The Kier molecular flexibility index (Phi) is 2.67. The number of benzene rings is 2. The third-order valence-corrected chi connectivity index (χ3v) is 4.67. The summed E-state index contributed by atoms with van der Waals surface area (Å²) in [6.07, 6.45) is 0.829. The Bertz CT molecular complexity index is 1100. The topological polar surface area (TPSA) is 48.6 Å². The van der Waals surface area contributed by atoms with E-state index in [1.165, 1.54) is 10.8 Å². The average Bonchev–Trinajstić information content (AvgIpc) is 2.91. The molecule has 0 aliphatic rings. The van der Waals surface area contributed by atoms with Crippen LogP contribution in [0.2, 0.25) is 0 Å². The van der Waals surface area contributed by atoms with E-state index in [0.29, 0.717) is 0 Å². The minimum absolute atomic E-state index is 0.103. The van der Waals surface area contributed by atoms with Crippen molar-refractivity contribution in [2.45, 2.75) is 27.2 Å². The number of hydrogen-bond acceptors (Lipinski definition) is 1. The molecule has 0 saturated heterocycles. The normalized spacial score (nSPS) is 11.8. The summed E-state index contributed by atoms with van der Waals surface area (Å²) in [7, 11) is 0. The number of aromatic nitrogens is 2. The van der Waals surface area contributed by atoms with Crippen molar-refractivity contribution in [3.05, 3.63) is 57.4 Å². The molecule has 0 bridgehead atoms. The number of nitrogens with one attached hydrogen (secondary N) is 2. The van der Waals surface area contributed by atoms with E-state index < -0.39 is 0 Å². The first-order valence-corrected chi connectivity index (χ1v) is 7.67. The molecular weight excluding hydrogens is 272 g/mol. The van der Waals surface area contributed by atoms with Gasteiger partial charge in [-0.25, -0.2) is 0 Å². The summed E-state index contributed by atoms with van der Waals surface area (Å²) in [5.41, 5.74) is 6.41. The fraction of sp³-hybridized carbons (Fsp3) is 0.211. The largest absolute Gasteiger partial charge is 0.358 e. The number of aryl methyl sites for hydroxylation is 3. The van der Waals surface area contributed by atoms with Crippen molar-refractivity contribution in [1.82, 2.24) is 9.97 Å². The maximum absolute atomic E-state index is 12.6. The molecule has 0 radical (unpaired) electrons. The van der Waals surface area contributed by atoms with E-state index >= 15 is 0 Å². The van der Waals surface area contributed by atoms with Gasteiger partial charge in [0, 0.05) is 28.0 Å². The Morgan fingerprint density at radius 1 is 0.955 bits per heavy atom. The molecule has 2 N–H and O–H groups in total. The maximum atomic E-state index is 12.6. The van der Waals surface area contributed by atoms with Crippen molar-refractivity contribution >= 4 is 32.7 Å². The lowest BCUT2D eigenvalue weighted by atomic mass is 9.98. The van der Waals surface area contributed by atoms with Crippen molar-refractivity contribution in [1.29, 1.82) is 0 Å². The smallest absolute Gasteiger partial charge is 0.190 e. The lowest BCUT2D eigenvalue weighted by Gasteiger charge is -2.10. The highest BCUT2D eigenvalue weighted by molar-refractivity contribution is 6.15. The second-order valence-electron chi connectivity index (χ2n) is 5.93. The van der Waals surface area contributed by atoms with Gasteiger partial charge in [-0.2, -0.15) is 0 Å². The predicted octanol–water partition coefficient (Wildman–Crippen LogP) is 4.34. The summed E-state index contributed by atoms with van der Waals surface area (Å²) in [5, 5.41) is 3.22. The van der Waals surface area contributed by atoms with Gasteiger partial charge in [0.25, 0.3) is 0 Å². The van der Waals surface area contributed by atoms with Gasteiger partial charge >= 0.3 is 0 Å². The van der Waals surface area contributed by atoms with Gasteiger partial charge in [0.1, 0.15) is 0 Å². The highest BCUT2D eigenvalue weighted by Crippen LogP contribution is 2.34. The third-order valence-electron chi connectivity index (χ3n) is 4.67. The molecule has 0 fully saturated rings. The molecule has 0 spiro atoms. The molecular formula is C19H18N2O. The zero-order valence-electron chi connectivity index (χ0n) is 13.0. The standard InChI is InChI=1S/C19H18N2O/c1-4-12-9-15(22)17-11(3)18-16(10(2)19(17)20-12)13-7-5-6-8-14(13)21-18/h5-9,21H,4H2,1-3H3,(H,20,22). The van der Waals surface area contributed by atoms with Crippen LogP contribution in [0.1, 0.15) is 23.7 Å². The van der Waals surface area contributed by atoms with Gasteiger partial charge in [-0.05, 0) is 37.5 Å². The van der Waals surface area contributed by atoms with E-state index in [1.807, 2.05) is 13.0 Å². The van der Waals surface area contributed by atoms with E-state index in [1.54, 1.807) is 6.07 Å². The van der Waals surface area contributed by atoms with Gasteiger partial charge in [0.05, 0.1) is 16.4 Å². The van der Waals surface area contributed by atoms with Crippen molar-refractivity contribution in [2.75, 3.05) is 0 Å². The minimum atomic E-state index is 0.103. The fourth-order valence-electron chi connectivity index (χ4n) is 3.52. The van der Waals surface area contributed by atoms with Gasteiger partial charge < -0.3 is 9.97 Å². The summed E-state index contributed by atoms with van der Waals surface area (Å²) >= 11 is 0. The number of aromatic amines is 2. The van der Waals surface area contributed by atoms with E-state index in [2.05, 4.69) is 42.0 Å². The second-order valence-corrected chi connectivity index (χ2v) is 5.93. The molecule has 3 nitrogen and oxygen atoms in total. The van der Waals surface area contributed by atoms with Crippen LogP contribution in [0.15, 0.2) is 35.1 Å². The Morgan fingerprint density at radius 3 is 2.41 bits per heavy atom. The first-order valence-electron chi connectivity index (χ1n) is 7.67. The molecule has 3 heteroatoms. The van der Waals surface area contributed by atoms with Crippen LogP contribution in [-0.4, -0.2) is 9.97 Å². The Morgan fingerprint density at radius 2 is 1.64 bits per heavy atom. The van der Waals surface area contributed by atoms with Crippen LogP contribution in [0.5, 0.6) is 0 Å². The van der Waals surface area contributed by atoms with Crippen LogP contribution in [-0.2, 0) is 6.42 Å². The molecule has 110 valence electrons. The quantitative estimate of drug-likeness (QED) is 0.538. The molecule has 2 heterocycles. The molecule has 0 aliphatic heterocycles. The van der Waals surface area contributed by atoms with Gasteiger partial charge in [0.2, 0.25) is 0 Å². The summed E-state index contributed by atoms with van der Waals surface area (Å²) < 4.78 is 0. The number of rotatable bonds is 1. The Hall–Kier alpha value is -2.55. The van der Waals surface area contributed by atoms with Gasteiger partial charge in [-0.15, -0.1) is 0 Å². The Labute approximate surface area is 128 Å². The summed E-state index contributed by atoms with van der Waals surface area (Å²) in [4.78, 5) is 19.5. The number of hydrogen-bond donors (Lipinski definition) is 2. The van der Waals surface area contributed by atoms with Crippen molar-refractivity contribution in [3.8, 4) is 0 Å².